The molecule has 0 atom stereocenters. The SMILES string of the molecule is CS(=O)(=O)N1CCN(c2nc(C3CC3)c(C(=O)O)s2)CC1. The number of piperazine rings is 1. The number of carboxylic acid groups (broad SMARTS) is 1. The average molecular weight is 331 g/mol. The fourth-order valence-corrected chi connectivity index (χ4v) is 4.32. The first-order valence-electron chi connectivity index (χ1n) is 6.80. The molecule has 1 saturated carbocycles. The van der Waals surface area contributed by atoms with E-state index in [1.807, 2.05) is 4.90 Å². The molecule has 0 aromatic carbocycles. The van der Waals surface area contributed by atoms with Crippen LogP contribution in [0.25, 0.3) is 0 Å². The molecule has 116 valence electrons. The molecule has 9 heteroatoms. The van der Waals surface area contributed by atoms with Gasteiger partial charge in [0.2, 0.25) is 10.0 Å². The number of hydrogen-bond donors (Lipinski definition) is 1. The van der Waals surface area contributed by atoms with Crippen LogP contribution in [0, 0.1) is 0 Å². The minimum absolute atomic E-state index is 0.290. The predicted molar refractivity (Wildman–Crippen MR) is 79.7 cm³/mol. The number of rotatable bonds is 4. The number of aromatic carboxylic acids is 1. The lowest BCUT2D eigenvalue weighted by Gasteiger charge is -2.32. The highest BCUT2D eigenvalue weighted by atomic mass is 32.2. The summed E-state index contributed by atoms with van der Waals surface area (Å²) in [4.78, 5) is 18.1. The molecule has 1 N–H and O–H groups in total. The minimum atomic E-state index is -3.16. The molecule has 0 amide bonds. The lowest BCUT2D eigenvalue weighted by Crippen LogP contribution is -2.48. The van der Waals surface area contributed by atoms with Crippen LogP contribution in [0.1, 0.15) is 34.1 Å². The molecule has 3 rings (SSSR count). The summed E-state index contributed by atoms with van der Waals surface area (Å²) in [5, 5.41) is 9.96. The van der Waals surface area contributed by atoms with Crippen molar-refractivity contribution in [2.75, 3.05) is 37.3 Å². The first-order valence-corrected chi connectivity index (χ1v) is 9.47. The highest BCUT2D eigenvalue weighted by molar-refractivity contribution is 7.88. The molecule has 21 heavy (non-hydrogen) atoms. The molecule has 0 spiro atoms. The zero-order valence-electron chi connectivity index (χ0n) is 11.7. The summed E-state index contributed by atoms with van der Waals surface area (Å²) in [5.74, 6) is -0.631. The Morgan fingerprint density at radius 3 is 2.38 bits per heavy atom. The van der Waals surface area contributed by atoms with Gasteiger partial charge < -0.3 is 10.0 Å². The Morgan fingerprint density at radius 2 is 1.90 bits per heavy atom. The standard InChI is InChI=1S/C12H17N3O4S2/c1-21(18,19)15-6-4-14(5-7-15)12-13-9(8-2-3-8)10(20-12)11(16)17/h8H,2-7H2,1H3,(H,16,17). The van der Waals surface area contributed by atoms with Crippen molar-refractivity contribution < 1.29 is 18.3 Å². The van der Waals surface area contributed by atoms with Crippen LogP contribution < -0.4 is 4.90 Å². The van der Waals surface area contributed by atoms with Crippen LogP contribution in [-0.2, 0) is 10.0 Å². The molecule has 0 radical (unpaired) electrons. The zero-order valence-corrected chi connectivity index (χ0v) is 13.3. The van der Waals surface area contributed by atoms with Gasteiger partial charge in [-0.3, -0.25) is 0 Å². The third kappa shape index (κ3) is 3.04. The van der Waals surface area contributed by atoms with Crippen LogP contribution in [-0.4, -0.2) is 61.2 Å². The smallest absolute Gasteiger partial charge is 0.347 e. The third-order valence-corrected chi connectivity index (χ3v) is 6.20. The third-order valence-electron chi connectivity index (χ3n) is 3.78. The van der Waals surface area contributed by atoms with Gasteiger partial charge in [0.1, 0.15) is 4.88 Å². The van der Waals surface area contributed by atoms with Crippen molar-refractivity contribution in [2.45, 2.75) is 18.8 Å². The van der Waals surface area contributed by atoms with Crippen molar-refractivity contribution in [3.8, 4) is 0 Å². The summed E-state index contributed by atoms with van der Waals surface area (Å²) < 4.78 is 24.4. The van der Waals surface area contributed by atoms with Crippen LogP contribution in [0.15, 0.2) is 0 Å². The molecular formula is C12H17N3O4S2. The van der Waals surface area contributed by atoms with Crippen molar-refractivity contribution in [3.63, 3.8) is 0 Å². The average Bonchev–Trinajstić information content (AvgIpc) is 3.16. The van der Waals surface area contributed by atoms with E-state index >= 15 is 0 Å². The molecule has 1 aliphatic carbocycles. The summed E-state index contributed by atoms with van der Waals surface area (Å²) in [6.07, 6.45) is 3.22. The number of thiazole rings is 1. The van der Waals surface area contributed by atoms with E-state index in [-0.39, 0.29) is 0 Å². The van der Waals surface area contributed by atoms with E-state index < -0.39 is 16.0 Å². The number of anilines is 1. The molecule has 2 aliphatic rings. The predicted octanol–water partition coefficient (Wildman–Crippen LogP) is 0.800. The van der Waals surface area contributed by atoms with Crippen LogP contribution in [0.4, 0.5) is 5.13 Å². The second-order valence-electron chi connectivity index (χ2n) is 5.44. The first-order chi connectivity index (χ1) is 9.86. The summed E-state index contributed by atoms with van der Waals surface area (Å²) in [6.45, 7) is 1.92. The van der Waals surface area contributed by atoms with Crippen LogP contribution in [0.5, 0.6) is 0 Å². The number of sulfonamides is 1. The van der Waals surface area contributed by atoms with E-state index in [0.29, 0.717) is 47.8 Å². The Hall–Kier alpha value is -1.19. The fraction of sp³-hybridized carbons (Fsp3) is 0.667. The van der Waals surface area contributed by atoms with Gasteiger partial charge in [-0.05, 0) is 12.8 Å². The number of carboxylic acids is 1. The molecule has 1 aromatic heterocycles. The largest absolute Gasteiger partial charge is 0.477 e. The molecule has 7 nitrogen and oxygen atoms in total. The van der Waals surface area contributed by atoms with Crippen molar-refractivity contribution in [1.29, 1.82) is 0 Å². The van der Waals surface area contributed by atoms with Gasteiger partial charge >= 0.3 is 5.97 Å². The van der Waals surface area contributed by atoms with E-state index in [2.05, 4.69) is 4.98 Å². The van der Waals surface area contributed by atoms with E-state index in [1.165, 1.54) is 21.9 Å². The summed E-state index contributed by atoms with van der Waals surface area (Å²) in [5.41, 5.74) is 0.702. The second kappa shape index (κ2) is 5.22. The topological polar surface area (TPSA) is 90.8 Å². The number of hydrogen-bond acceptors (Lipinski definition) is 6. The maximum absolute atomic E-state index is 11.5. The second-order valence-corrected chi connectivity index (χ2v) is 8.40. The molecule has 2 heterocycles. The van der Waals surface area contributed by atoms with Crippen LogP contribution >= 0.6 is 11.3 Å². The molecule has 0 unspecified atom stereocenters. The van der Waals surface area contributed by atoms with Gasteiger partial charge in [-0.1, -0.05) is 11.3 Å². The van der Waals surface area contributed by atoms with E-state index in [9.17, 15) is 18.3 Å². The van der Waals surface area contributed by atoms with Crippen LogP contribution in [0.3, 0.4) is 0 Å². The zero-order chi connectivity index (χ0) is 15.2. The Balaban J connectivity index is 1.76. The normalized spacial score (nSPS) is 20.7. The number of carbonyl (C=O) groups is 1. The van der Waals surface area contributed by atoms with Crippen molar-refractivity contribution in [3.05, 3.63) is 10.6 Å². The monoisotopic (exact) mass is 331 g/mol. The first kappa shape index (κ1) is 14.7. The molecular weight excluding hydrogens is 314 g/mol. The van der Waals surface area contributed by atoms with Crippen molar-refractivity contribution in [1.82, 2.24) is 9.29 Å². The van der Waals surface area contributed by atoms with Gasteiger partial charge in [-0.25, -0.2) is 18.2 Å². The Bertz CT molecular complexity index is 658. The maximum atomic E-state index is 11.5. The molecule has 2 fully saturated rings. The molecule has 1 aromatic rings. The van der Waals surface area contributed by atoms with Gasteiger partial charge in [0, 0.05) is 32.1 Å². The lowest BCUT2D eigenvalue weighted by molar-refractivity contribution is 0.0700. The number of nitrogens with zero attached hydrogens (tertiary/aromatic N) is 3. The van der Waals surface area contributed by atoms with Crippen LogP contribution in [0.2, 0.25) is 0 Å². The fourth-order valence-electron chi connectivity index (χ4n) is 2.45. The summed E-state index contributed by atoms with van der Waals surface area (Å²) in [6, 6.07) is 0. The Labute approximate surface area is 127 Å². The highest BCUT2D eigenvalue weighted by Gasteiger charge is 2.34. The van der Waals surface area contributed by atoms with Gasteiger partial charge in [0.25, 0.3) is 0 Å². The summed E-state index contributed by atoms with van der Waals surface area (Å²) >= 11 is 1.20. The lowest BCUT2D eigenvalue weighted by atomic mass is 10.2. The molecule has 1 aliphatic heterocycles. The van der Waals surface area contributed by atoms with Gasteiger partial charge in [0.15, 0.2) is 5.13 Å². The Kier molecular flexibility index (Phi) is 3.66. The summed E-state index contributed by atoms with van der Waals surface area (Å²) in [7, 11) is -3.16. The van der Waals surface area contributed by atoms with Gasteiger partial charge in [0.05, 0.1) is 11.9 Å². The quantitative estimate of drug-likeness (QED) is 0.877. The highest BCUT2D eigenvalue weighted by Crippen LogP contribution is 2.44. The molecule has 0 bridgehead atoms. The van der Waals surface area contributed by atoms with Crippen molar-refractivity contribution in [2.24, 2.45) is 0 Å². The van der Waals surface area contributed by atoms with Crippen molar-refractivity contribution >= 4 is 32.5 Å². The van der Waals surface area contributed by atoms with Gasteiger partial charge in [-0.2, -0.15) is 4.31 Å². The van der Waals surface area contributed by atoms with Gasteiger partial charge in [-0.15, -0.1) is 0 Å². The van der Waals surface area contributed by atoms with E-state index in [4.69, 9.17) is 0 Å². The Morgan fingerprint density at radius 1 is 1.29 bits per heavy atom. The van der Waals surface area contributed by atoms with E-state index in [0.717, 1.165) is 12.8 Å². The minimum Gasteiger partial charge on any atom is -0.477 e. The maximum Gasteiger partial charge on any atom is 0.347 e. The van der Waals surface area contributed by atoms with E-state index in [1.54, 1.807) is 0 Å². The number of aromatic nitrogens is 1. The molecule has 1 saturated heterocycles.